The van der Waals surface area contributed by atoms with E-state index < -0.39 is 0 Å². The van der Waals surface area contributed by atoms with Gasteiger partial charge in [0.25, 0.3) is 0 Å². The van der Waals surface area contributed by atoms with Crippen molar-refractivity contribution in [2.45, 2.75) is 32.5 Å². The molecule has 0 spiro atoms. The van der Waals surface area contributed by atoms with Gasteiger partial charge < -0.3 is 14.3 Å². The summed E-state index contributed by atoms with van der Waals surface area (Å²) in [6.07, 6.45) is 4.12. The molecular weight excluding hydrogens is 240 g/mol. The van der Waals surface area contributed by atoms with E-state index in [0.29, 0.717) is 18.9 Å². The summed E-state index contributed by atoms with van der Waals surface area (Å²) in [5.41, 5.74) is 1.09. The summed E-state index contributed by atoms with van der Waals surface area (Å²) in [5.74, 6) is 1.15. The van der Waals surface area contributed by atoms with E-state index in [2.05, 4.69) is 6.58 Å². The van der Waals surface area contributed by atoms with E-state index in [0.717, 1.165) is 24.0 Å². The Kier molecular flexibility index (Phi) is 6.90. The van der Waals surface area contributed by atoms with Crippen LogP contribution in [0.3, 0.4) is 0 Å². The normalized spacial score (nSPS) is 13.6. The molecule has 0 heterocycles. The highest BCUT2D eigenvalue weighted by Crippen LogP contribution is 2.16. The Hall–Kier alpha value is -1.61. The molecule has 1 aromatic rings. The molecule has 0 fully saturated rings. The maximum absolute atomic E-state index is 10.4. The predicted molar refractivity (Wildman–Crippen MR) is 76.2 cm³/mol. The number of carbonyl (C=O) groups is 1. The van der Waals surface area contributed by atoms with Crippen molar-refractivity contribution in [3.05, 3.63) is 42.5 Å². The van der Waals surface area contributed by atoms with E-state index in [-0.39, 0.29) is 6.10 Å². The summed E-state index contributed by atoms with van der Waals surface area (Å²) in [5, 5.41) is 0. The molecule has 104 valence electrons. The average Bonchev–Trinajstić information content (AvgIpc) is 2.44. The first kappa shape index (κ1) is 15.4. The van der Waals surface area contributed by atoms with Crippen molar-refractivity contribution in [2.24, 2.45) is 5.92 Å². The van der Waals surface area contributed by atoms with E-state index in [4.69, 9.17) is 9.47 Å². The summed E-state index contributed by atoms with van der Waals surface area (Å²) < 4.78 is 10.9. The molecule has 1 rings (SSSR count). The molecule has 1 aromatic carbocycles. The fourth-order valence-electron chi connectivity index (χ4n) is 1.81. The zero-order valence-corrected chi connectivity index (χ0v) is 11.7. The summed E-state index contributed by atoms with van der Waals surface area (Å²) in [6, 6.07) is 7.79. The van der Waals surface area contributed by atoms with Gasteiger partial charge in [-0.1, -0.05) is 25.1 Å². The molecule has 0 saturated carbocycles. The molecule has 0 saturated heterocycles. The van der Waals surface area contributed by atoms with Crippen molar-refractivity contribution >= 4 is 6.29 Å². The van der Waals surface area contributed by atoms with Gasteiger partial charge in [0.1, 0.15) is 12.0 Å². The third-order valence-electron chi connectivity index (χ3n) is 3.02. The molecule has 0 unspecified atom stereocenters. The third kappa shape index (κ3) is 5.71. The highest BCUT2D eigenvalue weighted by atomic mass is 16.5. The van der Waals surface area contributed by atoms with Crippen LogP contribution in [0.15, 0.2) is 36.9 Å². The van der Waals surface area contributed by atoms with Gasteiger partial charge in [-0.3, -0.25) is 0 Å². The monoisotopic (exact) mass is 262 g/mol. The van der Waals surface area contributed by atoms with Gasteiger partial charge in [0, 0.05) is 6.42 Å². The van der Waals surface area contributed by atoms with Crippen LogP contribution in [0, 0.1) is 5.92 Å². The third-order valence-corrected chi connectivity index (χ3v) is 3.02. The van der Waals surface area contributed by atoms with Crippen LogP contribution in [0.1, 0.15) is 25.3 Å². The minimum absolute atomic E-state index is 0.0166. The fourth-order valence-corrected chi connectivity index (χ4v) is 1.81. The summed E-state index contributed by atoms with van der Waals surface area (Å²) in [4.78, 5) is 10.4. The lowest BCUT2D eigenvalue weighted by atomic mass is 10.0. The number of carbonyl (C=O) groups excluding carboxylic acids is 1. The molecule has 3 nitrogen and oxygen atoms in total. The van der Waals surface area contributed by atoms with Crippen LogP contribution >= 0.6 is 0 Å². The Labute approximate surface area is 115 Å². The average molecular weight is 262 g/mol. The first-order chi connectivity index (χ1) is 9.19. The number of methoxy groups -OCH3 is 1. The molecule has 0 aliphatic rings. The van der Waals surface area contributed by atoms with Crippen LogP contribution in [0.2, 0.25) is 0 Å². The maximum atomic E-state index is 10.4. The van der Waals surface area contributed by atoms with E-state index in [1.807, 2.05) is 31.2 Å². The molecule has 0 aliphatic carbocycles. The Balaban J connectivity index is 2.43. The zero-order valence-electron chi connectivity index (χ0n) is 11.7. The molecule has 0 amide bonds. The van der Waals surface area contributed by atoms with Crippen molar-refractivity contribution in [1.29, 1.82) is 0 Å². The van der Waals surface area contributed by atoms with Crippen LogP contribution in [0.25, 0.3) is 0 Å². The van der Waals surface area contributed by atoms with Gasteiger partial charge in [0.05, 0.1) is 19.8 Å². The molecule has 0 aliphatic heterocycles. The quantitative estimate of drug-likeness (QED) is 0.505. The number of hydrogen-bond donors (Lipinski definition) is 0. The number of benzene rings is 1. The Morgan fingerprint density at radius 2 is 2.00 bits per heavy atom. The number of ether oxygens (including phenoxy) is 2. The second-order valence-corrected chi connectivity index (χ2v) is 4.68. The van der Waals surface area contributed by atoms with Crippen molar-refractivity contribution in [1.82, 2.24) is 0 Å². The topological polar surface area (TPSA) is 35.5 Å². The number of rotatable bonds is 9. The van der Waals surface area contributed by atoms with E-state index in [1.54, 1.807) is 13.2 Å². The SMILES string of the molecule is C=C[C@@H](C[C@H](C)CC=O)OCc1ccc(OC)cc1. The van der Waals surface area contributed by atoms with E-state index in [1.165, 1.54) is 0 Å². The van der Waals surface area contributed by atoms with Crippen LogP contribution in [0.4, 0.5) is 0 Å². The van der Waals surface area contributed by atoms with Crippen molar-refractivity contribution < 1.29 is 14.3 Å². The lowest BCUT2D eigenvalue weighted by molar-refractivity contribution is -0.108. The minimum Gasteiger partial charge on any atom is -0.497 e. The lowest BCUT2D eigenvalue weighted by Gasteiger charge is -2.17. The summed E-state index contributed by atoms with van der Waals surface area (Å²) >= 11 is 0. The second kappa shape index (κ2) is 8.48. The Bertz CT molecular complexity index is 383. The van der Waals surface area contributed by atoms with Crippen LogP contribution in [0.5, 0.6) is 5.75 Å². The van der Waals surface area contributed by atoms with Crippen LogP contribution in [-0.2, 0) is 16.1 Å². The first-order valence-electron chi connectivity index (χ1n) is 6.50. The van der Waals surface area contributed by atoms with Crippen molar-refractivity contribution in [3.63, 3.8) is 0 Å². The highest BCUT2D eigenvalue weighted by molar-refractivity contribution is 5.49. The van der Waals surface area contributed by atoms with E-state index in [9.17, 15) is 4.79 Å². The van der Waals surface area contributed by atoms with Gasteiger partial charge in [0.15, 0.2) is 0 Å². The number of aldehydes is 1. The fraction of sp³-hybridized carbons (Fsp3) is 0.438. The first-order valence-corrected chi connectivity index (χ1v) is 6.50. The molecule has 3 heteroatoms. The largest absolute Gasteiger partial charge is 0.497 e. The van der Waals surface area contributed by atoms with Gasteiger partial charge >= 0.3 is 0 Å². The molecule has 2 atom stereocenters. The second-order valence-electron chi connectivity index (χ2n) is 4.68. The van der Waals surface area contributed by atoms with Gasteiger partial charge in [-0.05, 0) is 30.0 Å². The van der Waals surface area contributed by atoms with Gasteiger partial charge in [0.2, 0.25) is 0 Å². The maximum Gasteiger partial charge on any atom is 0.120 e. The lowest BCUT2D eigenvalue weighted by Crippen LogP contribution is -2.14. The molecule has 19 heavy (non-hydrogen) atoms. The molecule has 0 aromatic heterocycles. The predicted octanol–water partition coefficient (Wildman–Crippen LogP) is 3.38. The smallest absolute Gasteiger partial charge is 0.120 e. The highest BCUT2D eigenvalue weighted by Gasteiger charge is 2.10. The van der Waals surface area contributed by atoms with E-state index >= 15 is 0 Å². The van der Waals surface area contributed by atoms with Gasteiger partial charge in [-0.2, -0.15) is 0 Å². The molecule has 0 bridgehead atoms. The minimum atomic E-state index is -0.0166. The standard InChI is InChI=1S/C16H22O3/c1-4-15(11-13(2)9-10-17)19-12-14-5-7-16(18-3)8-6-14/h4-8,10,13,15H,1,9,11-12H2,2-3H3/t13-,15+/m1/s1. The van der Waals surface area contributed by atoms with Crippen molar-refractivity contribution in [2.75, 3.05) is 7.11 Å². The number of hydrogen-bond acceptors (Lipinski definition) is 3. The van der Waals surface area contributed by atoms with Crippen LogP contribution in [-0.4, -0.2) is 19.5 Å². The zero-order chi connectivity index (χ0) is 14.1. The van der Waals surface area contributed by atoms with Crippen LogP contribution < -0.4 is 4.74 Å². The Morgan fingerprint density at radius 3 is 2.53 bits per heavy atom. The summed E-state index contributed by atoms with van der Waals surface area (Å²) in [6.45, 7) is 6.36. The molecule has 0 radical (unpaired) electrons. The Morgan fingerprint density at radius 1 is 1.32 bits per heavy atom. The van der Waals surface area contributed by atoms with Gasteiger partial charge in [-0.25, -0.2) is 0 Å². The van der Waals surface area contributed by atoms with Gasteiger partial charge in [-0.15, -0.1) is 6.58 Å². The molecular formula is C16H22O3. The summed E-state index contributed by atoms with van der Waals surface area (Å²) in [7, 11) is 1.65. The van der Waals surface area contributed by atoms with Crippen molar-refractivity contribution in [3.8, 4) is 5.75 Å². The molecule has 0 N–H and O–H groups in total.